The van der Waals surface area contributed by atoms with Crippen molar-refractivity contribution < 1.29 is 42.8 Å². The van der Waals surface area contributed by atoms with Crippen LogP contribution in [0.4, 0.5) is 0 Å². The quantitative estimate of drug-likeness (QED) is 0.133. The molecule has 33 heavy (non-hydrogen) atoms. The van der Waals surface area contributed by atoms with Crippen molar-refractivity contribution in [1.82, 2.24) is 0 Å². The SMILES string of the molecule is C=C(C)C(=O)OCCOCC(=O)OC12CC3CC(CC(OCC(=O)OC(C)OCC)(C3)C1)C2. The highest BCUT2D eigenvalue weighted by molar-refractivity contribution is 5.86. The largest absolute Gasteiger partial charge is 0.460 e. The Labute approximate surface area is 195 Å². The van der Waals surface area contributed by atoms with Crippen LogP contribution in [0.15, 0.2) is 12.2 Å². The number of rotatable bonds is 13. The fourth-order valence-electron chi connectivity index (χ4n) is 5.83. The molecule has 0 aromatic carbocycles. The molecule has 3 unspecified atom stereocenters. The summed E-state index contributed by atoms with van der Waals surface area (Å²) in [6.07, 6.45) is 4.40. The van der Waals surface area contributed by atoms with Crippen molar-refractivity contribution >= 4 is 17.9 Å². The zero-order chi connectivity index (χ0) is 24.1. The van der Waals surface area contributed by atoms with Crippen LogP contribution in [0.3, 0.4) is 0 Å². The number of hydrogen-bond acceptors (Lipinski definition) is 9. The van der Waals surface area contributed by atoms with Crippen LogP contribution < -0.4 is 0 Å². The van der Waals surface area contributed by atoms with Gasteiger partial charge < -0.3 is 28.4 Å². The first-order valence-corrected chi connectivity index (χ1v) is 11.7. The van der Waals surface area contributed by atoms with E-state index >= 15 is 0 Å². The average molecular weight is 469 g/mol. The van der Waals surface area contributed by atoms with Gasteiger partial charge in [-0.2, -0.15) is 0 Å². The Hall–Kier alpha value is -1.97. The van der Waals surface area contributed by atoms with Gasteiger partial charge in [0.2, 0.25) is 0 Å². The van der Waals surface area contributed by atoms with E-state index in [9.17, 15) is 14.4 Å². The van der Waals surface area contributed by atoms with Crippen LogP contribution in [0.2, 0.25) is 0 Å². The van der Waals surface area contributed by atoms with Crippen molar-refractivity contribution in [3.05, 3.63) is 12.2 Å². The van der Waals surface area contributed by atoms with Crippen molar-refractivity contribution in [3.63, 3.8) is 0 Å². The molecule has 0 N–H and O–H groups in total. The predicted octanol–water partition coefficient (Wildman–Crippen LogP) is 2.70. The Morgan fingerprint density at radius 1 is 1.00 bits per heavy atom. The Morgan fingerprint density at radius 2 is 1.67 bits per heavy atom. The lowest BCUT2D eigenvalue weighted by Crippen LogP contribution is -2.61. The van der Waals surface area contributed by atoms with Gasteiger partial charge in [-0.05, 0) is 64.7 Å². The number of ether oxygens (including phenoxy) is 6. The van der Waals surface area contributed by atoms with E-state index in [4.69, 9.17) is 28.4 Å². The molecule has 0 radical (unpaired) electrons. The standard InChI is InChI=1S/C24H36O9/c1-5-29-17(4)32-20(25)14-31-23-9-18-8-19(10-23)12-24(11-18,15-23)33-21(26)13-28-6-7-30-22(27)16(2)3/h17-19H,2,5-15H2,1,3-4H3. The van der Waals surface area contributed by atoms with Crippen molar-refractivity contribution in [2.24, 2.45) is 11.8 Å². The zero-order valence-electron chi connectivity index (χ0n) is 19.9. The summed E-state index contributed by atoms with van der Waals surface area (Å²) in [5.41, 5.74) is -0.751. The highest BCUT2D eigenvalue weighted by atomic mass is 16.7. The van der Waals surface area contributed by atoms with E-state index in [2.05, 4.69) is 6.58 Å². The normalized spacial score (nSPS) is 30.5. The van der Waals surface area contributed by atoms with Crippen LogP contribution in [0, 0.1) is 11.8 Å². The molecule has 4 fully saturated rings. The second-order valence-corrected chi connectivity index (χ2v) is 9.57. The lowest BCUT2D eigenvalue weighted by atomic mass is 9.52. The first kappa shape index (κ1) is 25.6. The molecular weight excluding hydrogens is 432 g/mol. The van der Waals surface area contributed by atoms with Crippen molar-refractivity contribution in [1.29, 1.82) is 0 Å². The van der Waals surface area contributed by atoms with Gasteiger partial charge in [0.25, 0.3) is 0 Å². The minimum absolute atomic E-state index is 0.0449. The van der Waals surface area contributed by atoms with Crippen LogP contribution in [0.1, 0.15) is 59.3 Å². The molecule has 3 atom stereocenters. The summed E-state index contributed by atoms with van der Waals surface area (Å²) in [6.45, 7) is 8.82. The molecule has 4 saturated carbocycles. The number of carbonyl (C=O) groups is 3. The van der Waals surface area contributed by atoms with Crippen LogP contribution >= 0.6 is 0 Å². The third kappa shape index (κ3) is 7.01. The van der Waals surface area contributed by atoms with E-state index in [0.717, 1.165) is 32.1 Å². The van der Waals surface area contributed by atoms with Gasteiger partial charge in [-0.1, -0.05) is 6.58 Å². The molecule has 4 bridgehead atoms. The van der Waals surface area contributed by atoms with Crippen LogP contribution in [-0.2, 0) is 42.8 Å². The molecule has 4 aliphatic rings. The second-order valence-electron chi connectivity index (χ2n) is 9.57. The second kappa shape index (κ2) is 11.0. The Kier molecular flexibility index (Phi) is 8.53. The molecule has 0 aromatic heterocycles. The molecule has 0 aromatic rings. The Morgan fingerprint density at radius 3 is 2.30 bits per heavy atom. The van der Waals surface area contributed by atoms with Gasteiger partial charge in [-0.25, -0.2) is 14.4 Å². The maximum atomic E-state index is 12.5. The highest BCUT2D eigenvalue weighted by Gasteiger charge is 2.60. The molecular formula is C24H36O9. The third-order valence-corrected chi connectivity index (χ3v) is 6.51. The van der Waals surface area contributed by atoms with Gasteiger partial charge in [-0.15, -0.1) is 0 Å². The summed E-state index contributed by atoms with van der Waals surface area (Å²) in [5, 5.41) is 0. The van der Waals surface area contributed by atoms with E-state index < -0.39 is 35.4 Å². The van der Waals surface area contributed by atoms with Crippen LogP contribution in [0.5, 0.6) is 0 Å². The Balaban J connectivity index is 1.47. The highest BCUT2D eigenvalue weighted by Crippen LogP contribution is 2.60. The number of carbonyl (C=O) groups excluding carboxylic acids is 3. The fourth-order valence-corrected chi connectivity index (χ4v) is 5.83. The molecule has 4 rings (SSSR count). The maximum absolute atomic E-state index is 12.5. The summed E-state index contributed by atoms with van der Waals surface area (Å²) < 4.78 is 32.8. The summed E-state index contributed by atoms with van der Waals surface area (Å²) >= 11 is 0. The maximum Gasteiger partial charge on any atom is 0.334 e. The smallest absolute Gasteiger partial charge is 0.334 e. The van der Waals surface area contributed by atoms with E-state index in [1.807, 2.05) is 6.92 Å². The van der Waals surface area contributed by atoms with Gasteiger partial charge >= 0.3 is 17.9 Å². The zero-order valence-corrected chi connectivity index (χ0v) is 19.9. The summed E-state index contributed by atoms with van der Waals surface area (Å²) in [7, 11) is 0. The van der Waals surface area contributed by atoms with Crippen molar-refractivity contribution in [2.45, 2.75) is 76.8 Å². The van der Waals surface area contributed by atoms with Crippen LogP contribution in [0.25, 0.3) is 0 Å². The lowest BCUT2D eigenvalue weighted by Gasteiger charge is -2.60. The van der Waals surface area contributed by atoms with E-state index in [0.29, 0.717) is 30.4 Å². The van der Waals surface area contributed by atoms with Crippen molar-refractivity contribution in [3.8, 4) is 0 Å². The Bertz CT molecular complexity index is 732. The molecule has 186 valence electrons. The first-order valence-electron chi connectivity index (χ1n) is 11.7. The van der Waals surface area contributed by atoms with Gasteiger partial charge in [-0.3, -0.25) is 0 Å². The summed E-state index contributed by atoms with van der Waals surface area (Å²) in [4.78, 5) is 36.0. The molecule has 9 nitrogen and oxygen atoms in total. The topological polar surface area (TPSA) is 107 Å². The van der Waals surface area contributed by atoms with Gasteiger partial charge in [0, 0.05) is 18.6 Å². The number of esters is 3. The van der Waals surface area contributed by atoms with E-state index in [-0.39, 0.29) is 26.4 Å². The summed E-state index contributed by atoms with van der Waals surface area (Å²) in [5.74, 6) is -0.585. The van der Waals surface area contributed by atoms with E-state index in [1.165, 1.54) is 0 Å². The average Bonchev–Trinajstić information content (AvgIpc) is 2.70. The molecule has 0 spiro atoms. The van der Waals surface area contributed by atoms with E-state index in [1.54, 1.807) is 13.8 Å². The monoisotopic (exact) mass is 468 g/mol. The first-order chi connectivity index (χ1) is 15.6. The van der Waals surface area contributed by atoms with Gasteiger partial charge in [0.15, 0.2) is 6.29 Å². The number of hydrogen-bond donors (Lipinski definition) is 0. The predicted molar refractivity (Wildman–Crippen MR) is 116 cm³/mol. The molecule has 4 aliphatic carbocycles. The minimum Gasteiger partial charge on any atom is -0.460 e. The third-order valence-electron chi connectivity index (χ3n) is 6.51. The van der Waals surface area contributed by atoms with Gasteiger partial charge in [0.1, 0.15) is 25.4 Å². The lowest BCUT2D eigenvalue weighted by molar-refractivity contribution is -0.239. The van der Waals surface area contributed by atoms with Crippen molar-refractivity contribution in [2.75, 3.05) is 33.0 Å². The summed E-state index contributed by atoms with van der Waals surface area (Å²) in [6, 6.07) is 0. The molecule has 9 heteroatoms. The molecule has 0 heterocycles. The van der Waals surface area contributed by atoms with Gasteiger partial charge in [0.05, 0.1) is 12.2 Å². The minimum atomic E-state index is -0.612. The molecule has 0 saturated heterocycles. The molecule has 0 aliphatic heterocycles. The fraction of sp³-hybridized carbons (Fsp3) is 0.792. The molecule has 0 amide bonds. The van der Waals surface area contributed by atoms with Crippen LogP contribution in [-0.4, -0.2) is 68.4 Å².